The van der Waals surface area contributed by atoms with Crippen molar-refractivity contribution in [2.24, 2.45) is 18.0 Å². The quantitative estimate of drug-likeness (QED) is 0.260. The molecule has 1 rings (SSSR count). The summed E-state index contributed by atoms with van der Waals surface area (Å²) in [6, 6.07) is 0. The Hall–Kier alpha value is -0.790. The predicted molar refractivity (Wildman–Crippen MR) is 114 cm³/mol. The maximum absolute atomic E-state index is 4.45. The van der Waals surface area contributed by atoms with Gasteiger partial charge in [-0.2, -0.15) is 5.10 Å². The van der Waals surface area contributed by atoms with E-state index in [1.54, 1.807) is 0 Å². The molecule has 0 radical (unpaired) electrons. The third kappa shape index (κ3) is 8.35. The Morgan fingerprint density at radius 2 is 1.79 bits per heavy atom. The molecule has 0 atom stereocenters. The van der Waals surface area contributed by atoms with Crippen molar-refractivity contribution in [3.8, 4) is 0 Å². The van der Waals surface area contributed by atoms with Crippen molar-refractivity contribution >= 4 is 29.9 Å². The summed E-state index contributed by atoms with van der Waals surface area (Å²) in [7, 11) is 3.80. The lowest BCUT2D eigenvalue weighted by Gasteiger charge is -2.12. The van der Waals surface area contributed by atoms with E-state index < -0.39 is 0 Å². The van der Waals surface area contributed by atoms with Crippen LogP contribution in [0.5, 0.6) is 0 Å². The molecule has 0 fully saturated rings. The smallest absolute Gasteiger partial charge is 0.191 e. The molecule has 0 bridgehead atoms. The largest absolute Gasteiger partial charge is 0.356 e. The van der Waals surface area contributed by atoms with E-state index in [1.807, 2.05) is 18.8 Å². The summed E-state index contributed by atoms with van der Waals surface area (Å²) < 4.78 is 1.93. The second kappa shape index (κ2) is 12.6. The highest BCUT2D eigenvalue weighted by molar-refractivity contribution is 14.0. The summed E-state index contributed by atoms with van der Waals surface area (Å²) in [6.45, 7) is 10.5. The SMILES string of the molecule is CN=C(NCCCCCCC(C)C)NCc1c(C)nn(C)c1C.I. The molecule has 0 saturated heterocycles. The van der Waals surface area contributed by atoms with Gasteiger partial charge in [0.2, 0.25) is 0 Å². The number of aliphatic imine (C=N–C) groups is 1. The molecule has 0 unspecified atom stereocenters. The van der Waals surface area contributed by atoms with Gasteiger partial charge in [-0.1, -0.05) is 39.5 Å². The number of hydrogen-bond donors (Lipinski definition) is 2. The molecule has 140 valence electrons. The van der Waals surface area contributed by atoms with Gasteiger partial charge in [0.05, 0.1) is 5.69 Å². The number of guanidine groups is 1. The fourth-order valence-electron chi connectivity index (χ4n) is 2.70. The van der Waals surface area contributed by atoms with Gasteiger partial charge in [-0.25, -0.2) is 0 Å². The zero-order valence-corrected chi connectivity index (χ0v) is 18.6. The maximum Gasteiger partial charge on any atom is 0.191 e. The van der Waals surface area contributed by atoms with Crippen molar-refractivity contribution in [2.45, 2.75) is 66.3 Å². The number of nitrogens with zero attached hydrogens (tertiary/aromatic N) is 3. The Kier molecular flexibility index (Phi) is 12.1. The monoisotopic (exact) mass is 449 g/mol. The molecule has 0 amide bonds. The Labute approximate surface area is 165 Å². The summed E-state index contributed by atoms with van der Waals surface area (Å²) >= 11 is 0. The van der Waals surface area contributed by atoms with Crippen molar-refractivity contribution in [1.82, 2.24) is 20.4 Å². The van der Waals surface area contributed by atoms with Crippen LogP contribution in [0, 0.1) is 19.8 Å². The van der Waals surface area contributed by atoms with Gasteiger partial charge >= 0.3 is 0 Å². The van der Waals surface area contributed by atoms with E-state index in [-0.39, 0.29) is 24.0 Å². The van der Waals surface area contributed by atoms with E-state index in [2.05, 4.69) is 48.4 Å². The molecule has 2 N–H and O–H groups in total. The minimum Gasteiger partial charge on any atom is -0.356 e. The number of nitrogens with one attached hydrogen (secondary N) is 2. The van der Waals surface area contributed by atoms with Gasteiger partial charge in [0, 0.05) is 38.4 Å². The van der Waals surface area contributed by atoms with Crippen LogP contribution in [-0.2, 0) is 13.6 Å². The second-order valence-corrected chi connectivity index (χ2v) is 6.72. The normalized spacial score (nSPS) is 11.5. The van der Waals surface area contributed by atoms with Gasteiger partial charge in [-0.15, -0.1) is 24.0 Å². The van der Waals surface area contributed by atoms with Gasteiger partial charge in [-0.05, 0) is 26.2 Å². The van der Waals surface area contributed by atoms with Crippen LogP contribution in [0.2, 0.25) is 0 Å². The minimum atomic E-state index is 0. The van der Waals surface area contributed by atoms with E-state index in [0.29, 0.717) is 0 Å². The van der Waals surface area contributed by atoms with E-state index in [9.17, 15) is 0 Å². The number of unbranched alkanes of at least 4 members (excludes halogenated alkanes) is 3. The molecule has 0 aromatic carbocycles. The third-order valence-electron chi connectivity index (χ3n) is 4.32. The van der Waals surface area contributed by atoms with Crippen LogP contribution in [0.25, 0.3) is 0 Å². The molecule has 1 aromatic rings. The lowest BCUT2D eigenvalue weighted by Crippen LogP contribution is -2.37. The third-order valence-corrected chi connectivity index (χ3v) is 4.32. The minimum absolute atomic E-state index is 0. The summed E-state index contributed by atoms with van der Waals surface area (Å²) in [5.74, 6) is 1.70. The van der Waals surface area contributed by atoms with Crippen LogP contribution < -0.4 is 10.6 Å². The van der Waals surface area contributed by atoms with Crippen molar-refractivity contribution in [1.29, 1.82) is 0 Å². The lowest BCUT2D eigenvalue weighted by atomic mass is 10.0. The second-order valence-electron chi connectivity index (χ2n) is 6.72. The van der Waals surface area contributed by atoms with Crippen LogP contribution in [0.1, 0.15) is 62.9 Å². The standard InChI is InChI=1S/C18H35N5.HI/c1-14(2)11-9-7-8-10-12-20-18(19-5)21-13-17-15(3)22-23(6)16(17)4;/h14H,7-13H2,1-6H3,(H2,19,20,21);1H. The molecular formula is C18H36IN5. The van der Waals surface area contributed by atoms with Gasteiger partial charge in [0.15, 0.2) is 5.96 Å². The molecule has 5 nitrogen and oxygen atoms in total. The first-order chi connectivity index (χ1) is 11.0. The van der Waals surface area contributed by atoms with Crippen LogP contribution in [0.15, 0.2) is 4.99 Å². The number of aromatic nitrogens is 2. The fraction of sp³-hybridized carbons (Fsp3) is 0.778. The average Bonchev–Trinajstić information content (AvgIpc) is 2.74. The van der Waals surface area contributed by atoms with Crippen molar-refractivity contribution in [3.63, 3.8) is 0 Å². The molecule has 0 aliphatic carbocycles. The zero-order valence-electron chi connectivity index (χ0n) is 16.3. The molecule has 1 aromatic heterocycles. The Bertz CT molecular complexity index is 494. The summed E-state index contributed by atoms with van der Waals surface area (Å²) in [5, 5.41) is 11.2. The molecular weight excluding hydrogens is 413 g/mol. The molecule has 0 spiro atoms. The van der Waals surface area contributed by atoms with Crippen molar-refractivity contribution in [2.75, 3.05) is 13.6 Å². The summed E-state index contributed by atoms with van der Waals surface area (Å²) in [4.78, 5) is 4.29. The van der Waals surface area contributed by atoms with Crippen LogP contribution in [-0.4, -0.2) is 29.3 Å². The molecule has 0 aliphatic heterocycles. The van der Waals surface area contributed by atoms with E-state index in [1.165, 1.54) is 43.4 Å². The average molecular weight is 449 g/mol. The molecule has 1 heterocycles. The van der Waals surface area contributed by atoms with E-state index >= 15 is 0 Å². The van der Waals surface area contributed by atoms with Gasteiger partial charge in [0.25, 0.3) is 0 Å². The van der Waals surface area contributed by atoms with Crippen molar-refractivity contribution in [3.05, 3.63) is 17.0 Å². The summed E-state index contributed by atoms with van der Waals surface area (Å²) in [5.41, 5.74) is 3.54. The first kappa shape index (κ1) is 23.2. The van der Waals surface area contributed by atoms with Crippen LogP contribution >= 0.6 is 24.0 Å². The van der Waals surface area contributed by atoms with Crippen LogP contribution in [0.3, 0.4) is 0 Å². The fourth-order valence-corrected chi connectivity index (χ4v) is 2.70. The van der Waals surface area contributed by atoms with E-state index in [0.717, 1.165) is 30.7 Å². The molecule has 0 aliphatic rings. The Morgan fingerprint density at radius 3 is 2.33 bits per heavy atom. The van der Waals surface area contributed by atoms with E-state index in [4.69, 9.17) is 0 Å². The first-order valence-corrected chi connectivity index (χ1v) is 8.89. The first-order valence-electron chi connectivity index (χ1n) is 8.89. The Morgan fingerprint density at radius 1 is 1.12 bits per heavy atom. The number of rotatable bonds is 9. The van der Waals surface area contributed by atoms with Gasteiger partial charge < -0.3 is 10.6 Å². The zero-order chi connectivity index (χ0) is 17.2. The van der Waals surface area contributed by atoms with Gasteiger partial charge in [0.1, 0.15) is 0 Å². The molecule has 24 heavy (non-hydrogen) atoms. The lowest BCUT2D eigenvalue weighted by molar-refractivity contribution is 0.518. The van der Waals surface area contributed by atoms with Gasteiger partial charge in [-0.3, -0.25) is 9.67 Å². The maximum atomic E-state index is 4.45. The number of halogens is 1. The molecule has 0 saturated carbocycles. The summed E-state index contributed by atoms with van der Waals surface area (Å²) in [6.07, 6.45) is 6.52. The number of aryl methyl sites for hydroxylation is 2. The Balaban J connectivity index is 0.00000529. The highest BCUT2D eigenvalue weighted by atomic mass is 127. The highest BCUT2D eigenvalue weighted by Crippen LogP contribution is 2.11. The predicted octanol–water partition coefficient (Wildman–Crippen LogP) is 3.93. The molecule has 6 heteroatoms. The topological polar surface area (TPSA) is 54.2 Å². The number of hydrogen-bond acceptors (Lipinski definition) is 2. The van der Waals surface area contributed by atoms with Crippen molar-refractivity contribution < 1.29 is 0 Å². The van der Waals surface area contributed by atoms with Crippen LogP contribution in [0.4, 0.5) is 0 Å². The highest BCUT2D eigenvalue weighted by Gasteiger charge is 2.09.